The first-order chi connectivity index (χ1) is 14.3. The normalized spacial score (nSPS) is 11.4. The Morgan fingerprint density at radius 1 is 0.483 bits per heavy atom. The lowest BCUT2D eigenvalue weighted by Gasteiger charge is -2.19. The summed E-state index contributed by atoms with van der Waals surface area (Å²) in [5.41, 5.74) is 6.25. The molecule has 4 aromatic rings. The van der Waals surface area contributed by atoms with Crippen LogP contribution in [0, 0.1) is 0 Å². The number of hydrogen-bond acceptors (Lipinski definition) is 2. The topological polar surface area (TPSA) is 12.0 Å². The summed E-state index contributed by atoms with van der Waals surface area (Å²) in [6, 6.07) is 41.1. The van der Waals surface area contributed by atoms with Crippen molar-refractivity contribution in [3.8, 4) is 0 Å². The van der Waals surface area contributed by atoms with E-state index in [0.717, 1.165) is 38.5 Å². The van der Waals surface area contributed by atoms with E-state index in [0.29, 0.717) is 0 Å². The lowest BCUT2D eigenvalue weighted by Crippen LogP contribution is -2.10. The van der Waals surface area contributed by atoms with E-state index >= 15 is 0 Å². The van der Waals surface area contributed by atoms with Gasteiger partial charge in [0.2, 0.25) is 0 Å². The zero-order valence-electron chi connectivity index (χ0n) is 16.0. The van der Waals surface area contributed by atoms with Gasteiger partial charge < -0.3 is 5.32 Å². The molecule has 0 saturated heterocycles. The smallest absolute Gasteiger partial charge is 0.0552 e. The Bertz CT molecular complexity index is 1100. The van der Waals surface area contributed by atoms with Gasteiger partial charge in [0.05, 0.1) is 10.6 Å². The van der Waals surface area contributed by atoms with Gasteiger partial charge in [-0.1, -0.05) is 121 Å². The average molecular weight is 392 g/mol. The molecule has 0 saturated carbocycles. The monoisotopic (exact) mass is 391 g/mol. The van der Waals surface area contributed by atoms with Gasteiger partial charge in [-0.05, 0) is 28.8 Å². The number of benzene rings is 4. The first-order valence-corrected chi connectivity index (χ1v) is 10.0. The van der Waals surface area contributed by atoms with E-state index < -0.39 is 0 Å². The van der Waals surface area contributed by atoms with Crippen LogP contribution in [-0.4, -0.2) is 4.86 Å². The summed E-state index contributed by atoms with van der Waals surface area (Å²) in [6.45, 7) is 0. The van der Waals surface area contributed by atoms with Gasteiger partial charge in [0, 0.05) is 11.3 Å². The number of para-hydroxylation sites is 1. The summed E-state index contributed by atoms with van der Waals surface area (Å²) < 4.78 is 0. The number of thiocarbonyl (C=S) groups is 1. The van der Waals surface area contributed by atoms with Crippen LogP contribution in [-0.2, 0) is 0 Å². The first kappa shape index (κ1) is 18.9. The molecule has 0 fully saturated rings. The van der Waals surface area contributed by atoms with Crippen LogP contribution in [0.2, 0.25) is 0 Å². The molecule has 2 heteroatoms. The maximum absolute atomic E-state index is 6.02. The zero-order valence-corrected chi connectivity index (χ0v) is 16.8. The fraction of sp³-hybridized carbons (Fsp3) is 0. The summed E-state index contributed by atoms with van der Waals surface area (Å²) in [6.07, 6.45) is 0. The van der Waals surface area contributed by atoms with Gasteiger partial charge in [-0.15, -0.1) is 0 Å². The Balaban J connectivity index is 1.95. The summed E-state index contributed by atoms with van der Waals surface area (Å²) >= 11 is 6.02. The van der Waals surface area contributed by atoms with E-state index in [9.17, 15) is 0 Å². The van der Waals surface area contributed by atoms with Crippen LogP contribution in [0.25, 0.3) is 11.3 Å². The van der Waals surface area contributed by atoms with E-state index in [2.05, 4.69) is 66.0 Å². The largest absolute Gasteiger partial charge is 0.354 e. The highest BCUT2D eigenvalue weighted by molar-refractivity contribution is 7.82. The highest BCUT2D eigenvalue weighted by Gasteiger charge is 2.17. The van der Waals surface area contributed by atoms with Crippen molar-refractivity contribution in [2.75, 3.05) is 5.32 Å². The Morgan fingerprint density at radius 2 is 0.897 bits per heavy atom. The van der Waals surface area contributed by atoms with Crippen LogP contribution in [0.3, 0.4) is 0 Å². The molecule has 0 heterocycles. The summed E-state index contributed by atoms with van der Waals surface area (Å²) in [5.74, 6) is 0. The van der Waals surface area contributed by atoms with Gasteiger partial charge in [0.15, 0.2) is 0 Å². The highest BCUT2D eigenvalue weighted by atomic mass is 32.1. The third-order valence-corrected chi connectivity index (χ3v) is 5.12. The second kappa shape index (κ2) is 9.13. The molecule has 0 aliphatic rings. The number of nitrogens with one attached hydrogen (secondary N) is 1. The number of allylic oxidation sites excluding steroid dienone is 1. The summed E-state index contributed by atoms with van der Waals surface area (Å²) in [5, 5.41) is 3.64. The van der Waals surface area contributed by atoms with Gasteiger partial charge in [0.1, 0.15) is 0 Å². The quantitative estimate of drug-likeness (QED) is 0.163. The molecule has 0 aliphatic heterocycles. The fourth-order valence-electron chi connectivity index (χ4n) is 3.28. The second-order valence-electron chi connectivity index (χ2n) is 6.67. The number of anilines is 1. The number of hydrogen-bond donors (Lipinski definition) is 1. The molecule has 1 N–H and O–H groups in total. The molecule has 0 unspecified atom stereocenters. The van der Waals surface area contributed by atoms with E-state index in [4.69, 9.17) is 12.2 Å². The lowest BCUT2D eigenvalue weighted by molar-refractivity contribution is 1.52. The molecule has 0 bridgehead atoms. The third kappa shape index (κ3) is 4.50. The lowest BCUT2D eigenvalue weighted by atomic mass is 9.93. The van der Waals surface area contributed by atoms with Gasteiger partial charge in [-0.25, -0.2) is 0 Å². The second-order valence-corrected chi connectivity index (χ2v) is 7.08. The van der Waals surface area contributed by atoms with Crippen LogP contribution >= 0.6 is 12.2 Å². The maximum Gasteiger partial charge on any atom is 0.0552 e. The molecule has 1 nitrogen and oxygen atoms in total. The van der Waals surface area contributed by atoms with Crippen molar-refractivity contribution in [2.45, 2.75) is 0 Å². The van der Waals surface area contributed by atoms with Gasteiger partial charge in [-0.2, -0.15) is 0 Å². The van der Waals surface area contributed by atoms with Crippen molar-refractivity contribution in [1.82, 2.24) is 0 Å². The average Bonchev–Trinajstić information content (AvgIpc) is 2.81. The molecule has 0 amide bonds. The van der Waals surface area contributed by atoms with E-state index in [1.54, 1.807) is 0 Å². The Morgan fingerprint density at radius 3 is 1.41 bits per heavy atom. The van der Waals surface area contributed by atoms with Crippen LogP contribution in [0.15, 0.2) is 121 Å². The molecule has 0 aromatic heterocycles. The summed E-state index contributed by atoms with van der Waals surface area (Å²) in [7, 11) is 0. The standard InChI is InChI=1S/C27H21NS/c29-27(23-17-9-3-10-18-23)25(21-13-5-1-6-14-21)26(22-15-7-2-8-16-22)28-24-19-11-4-12-20-24/h1-20,28H/b26-25-. The van der Waals surface area contributed by atoms with Gasteiger partial charge >= 0.3 is 0 Å². The number of rotatable bonds is 6. The predicted octanol–water partition coefficient (Wildman–Crippen LogP) is 7.09. The van der Waals surface area contributed by atoms with Crippen molar-refractivity contribution in [3.05, 3.63) is 138 Å². The highest BCUT2D eigenvalue weighted by Crippen LogP contribution is 2.31. The third-order valence-electron chi connectivity index (χ3n) is 4.68. The van der Waals surface area contributed by atoms with E-state index in [1.165, 1.54) is 0 Å². The fourth-order valence-corrected chi connectivity index (χ4v) is 3.63. The van der Waals surface area contributed by atoms with Crippen LogP contribution in [0.4, 0.5) is 5.69 Å². The van der Waals surface area contributed by atoms with Crippen molar-refractivity contribution in [3.63, 3.8) is 0 Å². The molecule has 4 rings (SSSR count). The van der Waals surface area contributed by atoms with Crippen LogP contribution in [0.5, 0.6) is 0 Å². The van der Waals surface area contributed by atoms with Crippen molar-refractivity contribution >= 4 is 34.0 Å². The summed E-state index contributed by atoms with van der Waals surface area (Å²) in [4.78, 5) is 0.819. The Labute approximate surface area is 177 Å². The van der Waals surface area contributed by atoms with Crippen LogP contribution in [0.1, 0.15) is 16.7 Å². The molecular formula is C27H21NS. The zero-order chi connectivity index (χ0) is 19.9. The van der Waals surface area contributed by atoms with Gasteiger partial charge in [0.25, 0.3) is 0 Å². The Hall–Kier alpha value is -3.49. The van der Waals surface area contributed by atoms with Crippen molar-refractivity contribution in [2.24, 2.45) is 0 Å². The van der Waals surface area contributed by atoms with Gasteiger partial charge in [-0.3, -0.25) is 0 Å². The van der Waals surface area contributed by atoms with Crippen molar-refractivity contribution in [1.29, 1.82) is 0 Å². The molecule has 29 heavy (non-hydrogen) atoms. The molecule has 0 aliphatic carbocycles. The minimum atomic E-state index is 0.819. The van der Waals surface area contributed by atoms with E-state index in [1.807, 2.05) is 60.7 Å². The predicted molar refractivity (Wildman–Crippen MR) is 128 cm³/mol. The van der Waals surface area contributed by atoms with Crippen LogP contribution < -0.4 is 5.32 Å². The molecule has 4 aromatic carbocycles. The first-order valence-electron chi connectivity index (χ1n) is 9.60. The molecular weight excluding hydrogens is 370 g/mol. The van der Waals surface area contributed by atoms with Crippen molar-refractivity contribution < 1.29 is 0 Å². The SMILES string of the molecule is S=C(/C(=C(\Nc1ccccc1)c1ccccc1)c1ccccc1)c1ccccc1. The Kier molecular flexibility index (Phi) is 5.94. The molecule has 0 radical (unpaired) electrons. The minimum Gasteiger partial charge on any atom is -0.354 e. The van der Waals surface area contributed by atoms with E-state index in [-0.39, 0.29) is 0 Å². The molecule has 140 valence electrons. The minimum absolute atomic E-state index is 0.819. The molecule has 0 atom stereocenters. The maximum atomic E-state index is 6.02. The molecule has 0 spiro atoms.